The minimum atomic E-state index is 0.871. The molecule has 0 bridgehead atoms. The summed E-state index contributed by atoms with van der Waals surface area (Å²) in [6.45, 7) is 1.10. The zero-order valence-electron chi connectivity index (χ0n) is 9.29. The van der Waals surface area contributed by atoms with Crippen molar-refractivity contribution in [3.05, 3.63) is 18.3 Å². The van der Waals surface area contributed by atoms with Gasteiger partial charge in [0.05, 0.1) is 0 Å². The molecular weight excluding hydrogens is 186 g/mol. The summed E-state index contributed by atoms with van der Waals surface area (Å²) in [5, 5.41) is 6.53. The Hall–Kier alpha value is -1.25. The smallest absolute Gasteiger partial charge is 0.127 e. The number of aromatic nitrogens is 1. The Morgan fingerprint density at radius 2 is 2.20 bits per heavy atom. The quantitative estimate of drug-likeness (QED) is 0.793. The molecule has 0 unspecified atom stereocenters. The van der Waals surface area contributed by atoms with Crippen LogP contribution < -0.4 is 10.6 Å². The molecule has 0 aliphatic heterocycles. The van der Waals surface area contributed by atoms with E-state index >= 15 is 0 Å². The van der Waals surface area contributed by atoms with E-state index < -0.39 is 0 Å². The molecule has 3 nitrogen and oxygen atoms in total. The fourth-order valence-electron chi connectivity index (χ4n) is 2.15. The standard InChI is InChI=1S/C12H19N3/c1-13-12-8-11(6-7-14-12)15-9-10-4-2-3-5-10/h6-8,10H,2-5,9H2,1H3,(H2,13,14,15). The molecule has 82 valence electrons. The molecule has 2 N–H and O–H groups in total. The van der Waals surface area contributed by atoms with E-state index in [9.17, 15) is 0 Å². The van der Waals surface area contributed by atoms with Gasteiger partial charge in [-0.05, 0) is 24.8 Å². The van der Waals surface area contributed by atoms with Crippen LogP contribution in [0.25, 0.3) is 0 Å². The highest BCUT2D eigenvalue weighted by Crippen LogP contribution is 2.25. The summed E-state index contributed by atoms with van der Waals surface area (Å²) in [6, 6.07) is 4.07. The van der Waals surface area contributed by atoms with Gasteiger partial charge in [0.2, 0.25) is 0 Å². The monoisotopic (exact) mass is 205 g/mol. The summed E-state index contributed by atoms with van der Waals surface area (Å²) in [6.07, 6.45) is 7.42. The predicted octanol–water partition coefficient (Wildman–Crippen LogP) is 2.73. The van der Waals surface area contributed by atoms with Crippen LogP contribution in [-0.2, 0) is 0 Å². The van der Waals surface area contributed by atoms with Crippen LogP contribution in [0.1, 0.15) is 25.7 Å². The van der Waals surface area contributed by atoms with Gasteiger partial charge in [-0.25, -0.2) is 4.98 Å². The van der Waals surface area contributed by atoms with Gasteiger partial charge in [-0.2, -0.15) is 0 Å². The van der Waals surface area contributed by atoms with E-state index in [2.05, 4.69) is 21.7 Å². The Labute approximate surface area is 91.3 Å². The second kappa shape index (κ2) is 5.01. The first kappa shape index (κ1) is 10.3. The Balaban J connectivity index is 1.86. The lowest BCUT2D eigenvalue weighted by atomic mass is 10.1. The number of pyridine rings is 1. The number of hydrogen-bond acceptors (Lipinski definition) is 3. The molecule has 0 atom stereocenters. The summed E-state index contributed by atoms with van der Waals surface area (Å²) in [5.74, 6) is 1.79. The SMILES string of the molecule is CNc1cc(NCC2CCCC2)ccn1. The van der Waals surface area contributed by atoms with Crippen molar-refractivity contribution in [2.75, 3.05) is 24.2 Å². The van der Waals surface area contributed by atoms with E-state index in [1.165, 1.54) is 31.4 Å². The Bertz CT molecular complexity index is 305. The van der Waals surface area contributed by atoms with Crippen molar-refractivity contribution in [3.8, 4) is 0 Å². The maximum Gasteiger partial charge on any atom is 0.127 e. The third-order valence-corrected chi connectivity index (χ3v) is 3.09. The normalized spacial score (nSPS) is 16.6. The molecule has 0 saturated heterocycles. The van der Waals surface area contributed by atoms with Crippen molar-refractivity contribution in [1.29, 1.82) is 0 Å². The third-order valence-electron chi connectivity index (χ3n) is 3.09. The molecule has 1 aliphatic rings. The molecule has 1 saturated carbocycles. The van der Waals surface area contributed by atoms with Crippen LogP contribution >= 0.6 is 0 Å². The van der Waals surface area contributed by atoms with E-state index in [1.807, 2.05) is 19.3 Å². The Kier molecular flexibility index (Phi) is 3.43. The van der Waals surface area contributed by atoms with Gasteiger partial charge in [0.15, 0.2) is 0 Å². The molecule has 1 heterocycles. The summed E-state index contributed by atoms with van der Waals surface area (Å²) >= 11 is 0. The summed E-state index contributed by atoms with van der Waals surface area (Å²) in [4.78, 5) is 4.19. The van der Waals surface area contributed by atoms with E-state index in [-0.39, 0.29) is 0 Å². The number of nitrogens with zero attached hydrogens (tertiary/aromatic N) is 1. The van der Waals surface area contributed by atoms with Crippen LogP contribution in [0, 0.1) is 5.92 Å². The Morgan fingerprint density at radius 3 is 2.93 bits per heavy atom. The number of hydrogen-bond donors (Lipinski definition) is 2. The van der Waals surface area contributed by atoms with E-state index in [0.29, 0.717) is 0 Å². The van der Waals surface area contributed by atoms with Gasteiger partial charge in [0.1, 0.15) is 5.82 Å². The van der Waals surface area contributed by atoms with Crippen molar-refractivity contribution < 1.29 is 0 Å². The van der Waals surface area contributed by atoms with Crippen LogP contribution in [-0.4, -0.2) is 18.6 Å². The minimum absolute atomic E-state index is 0.871. The first-order chi connectivity index (χ1) is 7.38. The minimum Gasteiger partial charge on any atom is -0.385 e. The topological polar surface area (TPSA) is 37.0 Å². The van der Waals surface area contributed by atoms with Gasteiger partial charge in [0, 0.05) is 31.5 Å². The van der Waals surface area contributed by atoms with Crippen molar-refractivity contribution in [1.82, 2.24) is 4.98 Å². The van der Waals surface area contributed by atoms with Crippen LogP contribution in [0.3, 0.4) is 0 Å². The molecule has 0 aromatic carbocycles. The van der Waals surface area contributed by atoms with Crippen LogP contribution in [0.4, 0.5) is 11.5 Å². The molecule has 1 fully saturated rings. The van der Waals surface area contributed by atoms with Gasteiger partial charge >= 0.3 is 0 Å². The van der Waals surface area contributed by atoms with E-state index in [0.717, 1.165) is 18.3 Å². The molecule has 0 spiro atoms. The molecule has 1 aromatic heterocycles. The average Bonchev–Trinajstić information content (AvgIpc) is 2.79. The van der Waals surface area contributed by atoms with Crippen molar-refractivity contribution in [2.24, 2.45) is 5.92 Å². The maximum atomic E-state index is 4.19. The first-order valence-electron chi connectivity index (χ1n) is 5.76. The van der Waals surface area contributed by atoms with Gasteiger partial charge in [0.25, 0.3) is 0 Å². The molecule has 0 radical (unpaired) electrons. The Morgan fingerprint density at radius 1 is 1.40 bits per heavy atom. The second-order valence-corrected chi connectivity index (χ2v) is 4.21. The number of rotatable bonds is 4. The lowest BCUT2D eigenvalue weighted by Gasteiger charge is -2.12. The summed E-state index contributed by atoms with van der Waals surface area (Å²) in [5.41, 5.74) is 1.17. The zero-order valence-corrected chi connectivity index (χ0v) is 9.29. The molecule has 3 heteroatoms. The average molecular weight is 205 g/mol. The molecular formula is C12H19N3. The summed E-state index contributed by atoms with van der Waals surface area (Å²) < 4.78 is 0. The molecule has 2 rings (SSSR count). The van der Waals surface area contributed by atoms with Crippen LogP contribution in [0.2, 0.25) is 0 Å². The number of nitrogens with one attached hydrogen (secondary N) is 2. The fraction of sp³-hybridized carbons (Fsp3) is 0.583. The highest BCUT2D eigenvalue weighted by atomic mass is 15.0. The van der Waals surface area contributed by atoms with E-state index in [1.54, 1.807) is 0 Å². The first-order valence-corrected chi connectivity index (χ1v) is 5.76. The zero-order chi connectivity index (χ0) is 10.5. The molecule has 15 heavy (non-hydrogen) atoms. The van der Waals surface area contributed by atoms with Crippen molar-refractivity contribution >= 4 is 11.5 Å². The largest absolute Gasteiger partial charge is 0.385 e. The maximum absolute atomic E-state index is 4.19. The van der Waals surface area contributed by atoms with Gasteiger partial charge in [-0.3, -0.25) is 0 Å². The van der Waals surface area contributed by atoms with Crippen LogP contribution in [0.15, 0.2) is 18.3 Å². The molecule has 1 aromatic rings. The summed E-state index contributed by atoms with van der Waals surface area (Å²) in [7, 11) is 1.89. The molecule has 0 amide bonds. The van der Waals surface area contributed by atoms with Gasteiger partial charge in [-0.1, -0.05) is 12.8 Å². The highest BCUT2D eigenvalue weighted by Gasteiger charge is 2.14. The molecule has 1 aliphatic carbocycles. The van der Waals surface area contributed by atoms with Gasteiger partial charge in [-0.15, -0.1) is 0 Å². The van der Waals surface area contributed by atoms with Crippen molar-refractivity contribution in [2.45, 2.75) is 25.7 Å². The number of anilines is 2. The second-order valence-electron chi connectivity index (χ2n) is 4.21. The lowest BCUT2D eigenvalue weighted by molar-refractivity contribution is 0.580. The third kappa shape index (κ3) is 2.85. The lowest BCUT2D eigenvalue weighted by Crippen LogP contribution is -2.11. The van der Waals surface area contributed by atoms with E-state index in [4.69, 9.17) is 0 Å². The fourth-order valence-corrected chi connectivity index (χ4v) is 2.15. The van der Waals surface area contributed by atoms with Crippen LogP contribution in [0.5, 0.6) is 0 Å². The van der Waals surface area contributed by atoms with Crippen molar-refractivity contribution in [3.63, 3.8) is 0 Å². The predicted molar refractivity (Wildman–Crippen MR) is 64.2 cm³/mol. The highest BCUT2D eigenvalue weighted by molar-refractivity contribution is 5.51. The van der Waals surface area contributed by atoms with Gasteiger partial charge < -0.3 is 10.6 Å².